The molecule has 96 valence electrons. The van der Waals surface area contributed by atoms with Crippen LogP contribution in [0.4, 0.5) is 0 Å². The molecule has 0 bridgehead atoms. The van der Waals surface area contributed by atoms with Gasteiger partial charge in [0.25, 0.3) is 0 Å². The Morgan fingerprint density at radius 3 is 2.58 bits per heavy atom. The number of pyridine rings is 1. The maximum absolute atomic E-state index is 10.8. The number of nitrogens with one attached hydrogen (secondary N) is 1. The molecule has 1 aromatic heterocycles. The number of aromatic nitrogens is 1. The van der Waals surface area contributed by atoms with E-state index in [2.05, 4.69) is 10.3 Å². The molecule has 3 nitrogen and oxygen atoms in total. The standard InChI is InChI=1S/C16H16N2O/c1-13(19)17-11-15-8-10-16(18-12-15)9-7-14-5-3-2-4-6-14/h2-10,12H,11H2,1H3,(H,17,19). The Morgan fingerprint density at radius 1 is 1.16 bits per heavy atom. The van der Waals surface area contributed by atoms with Gasteiger partial charge in [-0.25, -0.2) is 0 Å². The summed E-state index contributed by atoms with van der Waals surface area (Å²) in [6, 6.07) is 14.0. The van der Waals surface area contributed by atoms with Crippen molar-refractivity contribution in [2.75, 3.05) is 0 Å². The Labute approximate surface area is 113 Å². The fourth-order valence-electron chi connectivity index (χ4n) is 1.61. The lowest BCUT2D eigenvalue weighted by atomic mass is 10.2. The third-order valence-electron chi connectivity index (χ3n) is 2.64. The number of rotatable bonds is 4. The molecule has 0 atom stereocenters. The van der Waals surface area contributed by atoms with Gasteiger partial charge in [0.05, 0.1) is 5.69 Å². The van der Waals surface area contributed by atoms with Crippen LogP contribution in [-0.4, -0.2) is 10.9 Å². The summed E-state index contributed by atoms with van der Waals surface area (Å²) in [4.78, 5) is 15.1. The fraction of sp³-hybridized carbons (Fsp3) is 0.125. The summed E-state index contributed by atoms with van der Waals surface area (Å²) in [6.45, 7) is 2.02. The van der Waals surface area contributed by atoms with Gasteiger partial charge in [0, 0.05) is 19.7 Å². The second-order valence-electron chi connectivity index (χ2n) is 4.25. The van der Waals surface area contributed by atoms with Gasteiger partial charge in [-0.3, -0.25) is 9.78 Å². The highest BCUT2D eigenvalue weighted by atomic mass is 16.1. The van der Waals surface area contributed by atoms with Gasteiger partial charge in [0.2, 0.25) is 5.91 Å². The quantitative estimate of drug-likeness (QED) is 0.909. The predicted molar refractivity (Wildman–Crippen MR) is 77.1 cm³/mol. The van der Waals surface area contributed by atoms with E-state index in [4.69, 9.17) is 0 Å². The molecule has 0 saturated heterocycles. The van der Waals surface area contributed by atoms with Crippen LogP contribution in [0.25, 0.3) is 12.2 Å². The van der Waals surface area contributed by atoms with Gasteiger partial charge in [0.15, 0.2) is 0 Å². The molecule has 1 N–H and O–H groups in total. The minimum Gasteiger partial charge on any atom is -0.352 e. The topological polar surface area (TPSA) is 42.0 Å². The first-order valence-electron chi connectivity index (χ1n) is 6.16. The monoisotopic (exact) mass is 252 g/mol. The Bertz CT molecular complexity index is 559. The fourth-order valence-corrected chi connectivity index (χ4v) is 1.61. The number of nitrogens with zero attached hydrogens (tertiary/aromatic N) is 1. The summed E-state index contributed by atoms with van der Waals surface area (Å²) in [5.41, 5.74) is 3.04. The number of hydrogen-bond acceptors (Lipinski definition) is 2. The second kappa shape index (κ2) is 6.50. The minimum absolute atomic E-state index is 0.0342. The molecular formula is C16H16N2O. The zero-order valence-electron chi connectivity index (χ0n) is 10.8. The van der Waals surface area contributed by atoms with E-state index in [1.54, 1.807) is 6.20 Å². The molecule has 0 radical (unpaired) electrons. The maximum Gasteiger partial charge on any atom is 0.217 e. The van der Waals surface area contributed by atoms with Crippen molar-refractivity contribution in [3.8, 4) is 0 Å². The van der Waals surface area contributed by atoms with Gasteiger partial charge in [-0.15, -0.1) is 0 Å². The molecule has 2 aromatic rings. The van der Waals surface area contributed by atoms with Crippen LogP contribution >= 0.6 is 0 Å². The SMILES string of the molecule is CC(=O)NCc1ccc(C=Cc2ccccc2)nc1. The Hall–Kier alpha value is -2.42. The number of benzene rings is 1. The normalized spacial score (nSPS) is 10.6. The molecule has 1 aromatic carbocycles. The summed E-state index contributed by atoms with van der Waals surface area (Å²) in [7, 11) is 0. The van der Waals surface area contributed by atoms with Gasteiger partial charge in [0.1, 0.15) is 0 Å². The van der Waals surface area contributed by atoms with Gasteiger partial charge in [-0.05, 0) is 23.3 Å². The van der Waals surface area contributed by atoms with Gasteiger partial charge in [-0.2, -0.15) is 0 Å². The first-order chi connectivity index (χ1) is 9.24. The van der Waals surface area contributed by atoms with E-state index >= 15 is 0 Å². The summed E-state index contributed by atoms with van der Waals surface area (Å²) in [6.07, 6.45) is 5.77. The highest BCUT2D eigenvalue weighted by Gasteiger charge is 1.95. The first kappa shape index (κ1) is 13.0. The van der Waals surface area contributed by atoms with Crippen LogP contribution < -0.4 is 5.32 Å². The average Bonchev–Trinajstić information content (AvgIpc) is 2.45. The molecule has 1 heterocycles. The lowest BCUT2D eigenvalue weighted by Crippen LogP contribution is -2.18. The van der Waals surface area contributed by atoms with Gasteiger partial charge >= 0.3 is 0 Å². The zero-order valence-corrected chi connectivity index (χ0v) is 10.8. The summed E-state index contributed by atoms with van der Waals surface area (Å²) in [5, 5.41) is 2.74. The molecule has 0 aliphatic heterocycles. The van der Waals surface area contributed by atoms with Gasteiger partial charge < -0.3 is 5.32 Å². The molecule has 1 amide bonds. The van der Waals surface area contributed by atoms with Crippen LogP contribution in [0.1, 0.15) is 23.7 Å². The van der Waals surface area contributed by atoms with E-state index in [9.17, 15) is 4.79 Å². The van der Waals surface area contributed by atoms with Crippen molar-refractivity contribution < 1.29 is 4.79 Å². The van der Waals surface area contributed by atoms with Crippen molar-refractivity contribution >= 4 is 18.1 Å². The van der Waals surface area contributed by atoms with E-state index < -0.39 is 0 Å². The van der Waals surface area contributed by atoms with Crippen LogP contribution in [0.15, 0.2) is 48.7 Å². The third-order valence-corrected chi connectivity index (χ3v) is 2.64. The molecule has 0 aliphatic carbocycles. The van der Waals surface area contributed by atoms with Crippen LogP contribution in [0.2, 0.25) is 0 Å². The molecule has 0 unspecified atom stereocenters. The minimum atomic E-state index is -0.0342. The summed E-state index contributed by atoms with van der Waals surface area (Å²) < 4.78 is 0. The average molecular weight is 252 g/mol. The zero-order chi connectivity index (χ0) is 13.5. The number of carbonyl (C=O) groups excluding carboxylic acids is 1. The van der Waals surface area contributed by atoms with Crippen molar-refractivity contribution in [1.29, 1.82) is 0 Å². The maximum atomic E-state index is 10.8. The smallest absolute Gasteiger partial charge is 0.217 e. The summed E-state index contributed by atoms with van der Waals surface area (Å²) >= 11 is 0. The van der Waals surface area contributed by atoms with Crippen LogP contribution in [0.5, 0.6) is 0 Å². The number of hydrogen-bond donors (Lipinski definition) is 1. The second-order valence-corrected chi connectivity index (χ2v) is 4.25. The Kier molecular flexibility index (Phi) is 4.45. The lowest BCUT2D eigenvalue weighted by molar-refractivity contribution is -0.119. The van der Waals surface area contributed by atoms with Gasteiger partial charge in [-0.1, -0.05) is 42.5 Å². The molecule has 0 spiro atoms. The third kappa shape index (κ3) is 4.39. The molecule has 3 heteroatoms. The van der Waals surface area contributed by atoms with Crippen molar-refractivity contribution in [1.82, 2.24) is 10.3 Å². The van der Waals surface area contributed by atoms with E-state index in [-0.39, 0.29) is 5.91 Å². The first-order valence-corrected chi connectivity index (χ1v) is 6.16. The molecular weight excluding hydrogens is 236 g/mol. The Morgan fingerprint density at radius 2 is 1.95 bits per heavy atom. The largest absolute Gasteiger partial charge is 0.352 e. The van der Waals surface area contributed by atoms with E-state index in [1.807, 2.05) is 54.6 Å². The van der Waals surface area contributed by atoms with E-state index in [0.717, 1.165) is 16.8 Å². The van der Waals surface area contributed by atoms with Crippen molar-refractivity contribution in [3.05, 3.63) is 65.5 Å². The van der Waals surface area contributed by atoms with Crippen LogP contribution in [-0.2, 0) is 11.3 Å². The molecule has 19 heavy (non-hydrogen) atoms. The molecule has 0 saturated carbocycles. The molecule has 0 aliphatic rings. The summed E-state index contributed by atoms with van der Waals surface area (Å²) in [5.74, 6) is -0.0342. The Balaban J connectivity index is 1.99. The van der Waals surface area contributed by atoms with E-state index in [0.29, 0.717) is 6.54 Å². The molecule has 0 fully saturated rings. The number of carbonyl (C=O) groups is 1. The van der Waals surface area contributed by atoms with Crippen LogP contribution in [0, 0.1) is 0 Å². The predicted octanol–water partition coefficient (Wildman–Crippen LogP) is 2.89. The number of amides is 1. The lowest BCUT2D eigenvalue weighted by Gasteiger charge is -2.02. The highest BCUT2D eigenvalue weighted by molar-refractivity contribution is 5.72. The van der Waals surface area contributed by atoms with Crippen molar-refractivity contribution in [2.45, 2.75) is 13.5 Å². The van der Waals surface area contributed by atoms with Crippen molar-refractivity contribution in [3.63, 3.8) is 0 Å². The van der Waals surface area contributed by atoms with E-state index in [1.165, 1.54) is 6.92 Å². The highest BCUT2D eigenvalue weighted by Crippen LogP contribution is 2.07. The molecule has 2 rings (SSSR count). The van der Waals surface area contributed by atoms with Crippen LogP contribution in [0.3, 0.4) is 0 Å². The van der Waals surface area contributed by atoms with Crippen molar-refractivity contribution in [2.24, 2.45) is 0 Å².